The van der Waals surface area contributed by atoms with Crippen LogP contribution >= 0.6 is 0 Å². The Labute approximate surface area is 95.6 Å². The first-order valence-corrected chi connectivity index (χ1v) is 5.53. The molecule has 0 aliphatic carbocycles. The van der Waals surface area contributed by atoms with E-state index in [0.29, 0.717) is 6.61 Å². The van der Waals surface area contributed by atoms with Crippen molar-refractivity contribution >= 4 is 0 Å². The topological polar surface area (TPSA) is 79.2 Å². The van der Waals surface area contributed by atoms with Crippen LogP contribution in [0.15, 0.2) is 0 Å². The highest BCUT2D eigenvalue weighted by Crippen LogP contribution is 2.32. The Morgan fingerprint density at radius 3 is 2.38 bits per heavy atom. The molecule has 0 spiro atoms. The molecule has 1 aliphatic rings. The van der Waals surface area contributed by atoms with Gasteiger partial charge in [0.2, 0.25) is 6.23 Å². The Hall–Kier alpha value is -0.240. The molecule has 0 bridgehead atoms. The Bertz CT molecular complexity index is 227. The van der Waals surface area contributed by atoms with Gasteiger partial charge < -0.3 is 19.7 Å². The molecule has 1 fully saturated rings. The first kappa shape index (κ1) is 13.8. The number of hydrogen-bond donors (Lipinski definition) is 3. The summed E-state index contributed by atoms with van der Waals surface area (Å²) >= 11 is 0. The number of hydroxylamine groups is 3. The second-order valence-corrected chi connectivity index (χ2v) is 4.46. The van der Waals surface area contributed by atoms with E-state index in [1.54, 1.807) is 0 Å². The first-order valence-electron chi connectivity index (χ1n) is 5.53. The van der Waals surface area contributed by atoms with Gasteiger partial charge >= 0.3 is 0 Å². The molecule has 0 saturated carbocycles. The van der Waals surface area contributed by atoms with Gasteiger partial charge in [-0.15, -0.1) is 4.65 Å². The molecule has 2 unspecified atom stereocenters. The monoisotopic (exact) mass is 236 g/mol. The minimum absolute atomic E-state index is 0.0103. The molecule has 6 heteroatoms. The Morgan fingerprint density at radius 1 is 1.44 bits per heavy atom. The van der Waals surface area contributed by atoms with Gasteiger partial charge in [-0.25, -0.2) is 5.21 Å². The number of nitrogens with zero attached hydrogens (tertiary/aromatic N) is 1. The van der Waals surface area contributed by atoms with Gasteiger partial charge in [0.1, 0.15) is 6.10 Å². The molecule has 1 heterocycles. The second-order valence-electron chi connectivity index (χ2n) is 4.46. The van der Waals surface area contributed by atoms with E-state index >= 15 is 0 Å². The lowest BCUT2D eigenvalue weighted by atomic mass is 10.0. The molecule has 0 amide bonds. The van der Waals surface area contributed by atoms with Crippen molar-refractivity contribution < 1.29 is 29.5 Å². The lowest BCUT2D eigenvalue weighted by Crippen LogP contribution is -2.78. The number of ether oxygens (including phenoxy) is 2. The summed E-state index contributed by atoms with van der Waals surface area (Å²) in [5, 5.41) is 29.4. The number of aliphatic hydroxyl groups excluding tert-OH is 1. The Kier molecular flexibility index (Phi) is 4.28. The first-order chi connectivity index (χ1) is 7.37. The van der Waals surface area contributed by atoms with E-state index in [4.69, 9.17) is 9.47 Å². The van der Waals surface area contributed by atoms with Gasteiger partial charge in [-0.2, -0.15) is 0 Å². The zero-order valence-electron chi connectivity index (χ0n) is 10.1. The summed E-state index contributed by atoms with van der Waals surface area (Å²) in [7, 11) is 1.41. The van der Waals surface area contributed by atoms with Crippen molar-refractivity contribution in [3.8, 4) is 0 Å². The molecule has 1 saturated heterocycles. The molecule has 1 rings (SSSR count). The molecule has 0 aromatic heterocycles. The van der Waals surface area contributed by atoms with E-state index in [1.165, 1.54) is 14.0 Å². The van der Waals surface area contributed by atoms with Crippen LogP contribution in [-0.2, 0) is 9.47 Å². The summed E-state index contributed by atoms with van der Waals surface area (Å²) in [6.45, 7) is 3.95. The number of rotatable bonds is 6. The number of likely N-dealkylation sites (tertiary alicyclic amines) is 1. The Balaban J connectivity index is 2.53. The lowest BCUT2D eigenvalue weighted by Gasteiger charge is -2.51. The fourth-order valence-electron chi connectivity index (χ4n) is 2.17. The van der Waals surface area contributed by atoms with E-state index in [2.05, 4.69) is 0 Å². The number of aliphatic hydroxyl groups is 2. The summed E-state index contributed by atoms with van der Waals surface area (Å²) in [6.07, 6.45) is -0.770. The molecular formula is C10H22NO5+. The maximum absolute atomic E-state index is 10.1. The maximum Gasteiger partial charge on any atom is 0.273 e. The highest BCUT2D eigenvalue weighted by Gasteiger charge is 2.62. The molecule has 0 radical (unpaired) electrons. The third kappa shape index (κ3) is 2.71. The van der Waals surface area contributed by atoms with Gasteiger partial charge in [-0.3, -0.25) is 0 Å². The van der Waals surface area contributed by atoms with Gasteiger partial charge in [0.05, 0.1) is 6.61 Å². The summed E-state index contributed by atoms with van der Waals surface area (Å²) in [4.78, 5) is 0. The van der Waals surface area contributed by atoms with Gasteiger partial charge in [-0.1, -0.05) is 6.92 Å². The second kappa shape index (κ2) is 4.95. The quantitative estimate of drug-likeness (QED) is 0.435. The highest BCUT2D eigenvalue weighted by molar-refractivity contribution is 4.77. The van der Waals surface area contributed by atoms with Crippen molar-refractivity contribution in [2.45, 2.75) is 38.4 Å². The van der Waals surface area contributed by atoms with Gasteiger partial charge in [0.15, 0.2) is 13.1 Å². The molecule has 0 aromatic carbocycles. The average molecular weight is 236 g/mol. The third-order valence-corrected chi connectivity index (χ3v) is 2.74. The third-order valence-electron chi connectivity index (χ3n) is 2.74. The van der Waals surface area contributed by atoms with Crippen LogP contribution in [0.1, 0.15) is 20.3 Å². The van der Waals surface area contributed by atoms with Gasteiger partial charge in [0, 0.05) is 7.11 Å². The fourth-order valence-corrected chi connectivity index (χ4v) is 2.17. The van der Waals surface area contributed by atoms with Crippen LogP contribution in [0.3, 0.4) is 0 Å². The van der Waals surface area contributed by atoms with Crippen LogP contribution in [0.5, 0.6) is 0 Å². The lowest BCUT2D eigenvalue weighted by molar-refractivity contribution is -1.18. The highest BCUT2D eigenvalue weighted by atomic mass is 16.7. The standard InChI is InChI=1S/C10H22NO5/c1-4-5-16-10(13)6-11(14,7-10)9(15-3)8(2)12/h8-9,12-14H,4-7H2,1-3H3/q+1. The van der Waals surface area contributed by atoms with Crippen molar-refractivity contribution in [2.75, 3.05) is 26.8 Å². The molecular weight excluding hydrogens is 214 g/mol. The predicted octanol–water partition coefficient (Wildman–Crippen LogP) is -0.326. The van der Waals surface area contributed by atoms with Crippen molar-refractivity contribution in [3.63, 3.8) is 0 Å². The van der Waals surface area contributed by atoms with E-state index in [0.717, 1.165) is 6.42 Å². The predicted molar refractivity (Wildman–Crippen MR) is 55.5 cm³/mol. The van der Waals surface area contributed by atoms with Crippen molar-refractivity contribution in [2.24, 2.45) is 0 Å². The molecule has 0 aromatic rings. The summed E-state index contributed by atoms with van der Waals surface area (Å²) in [5.74, 6) is -1.30. The molecule has 3 N–H and O–H groups in total. The zero-order chi connectivity index (χ0) is 12.4. The number of hydrogen-bond acceptors (Lipinski definition) is 5. The zero-order valence-corrected chi connectivity index (χ0v) is 10.1. The average Bonchev–Trinajstić information content (AvgIpc) is 2.12. The minimum atomic E-state index is -1.30. The molecule has 1 aliphatic heterocycles. The van der Waals surface area contributed by atoms with E-state index < -0.39 is 22.8 Å². The minimum Gasteiger partial charge on any atom is -0.384 e. The largest absolute Gasteiger partial charge is 0.384 e. The van der Waals surface area contributed by atoms with Crippen LogP contribution < -0.4 is 0 Å². The summed E-state index contributed by atoms with van der Waals surface area (Å²) in [6, 6.07) is 0. The van der Waals surface area contributed by atoms with E-state index in [1.807, 2.05) is 6.92 Å². The number of methoxy groups -OCH3 is 1. The maximum atomic E-state index is 10.1. The summed E-state index contributed by atoms with van der Waals surface area (Å²) < 4.78 is 9.73. The van der Waals surface area contributed by atoms with Gasteiger partial charge in [-0.05, 0) is 13.3 Å². The van der Waals surface area contributed by atoms with Gasteiger partial charge in [0.25, 0.3) is 5.79 Å². The number of quaternary nitrogens is 1. The summed E-state index contributed by atoms with van der Waals surface area (Å²) in [5.41, 5.74) is 0. The molecule has 96 valence electrons. The van der Waals surface area contributed by atoms with Crippen LogP contribution in [0.2, 0.25) is 0 Å². The van der Waals surface area contributed by atoms with E-state index in [9.17, 15) is 15.4 Å². The fraction of sp³-hybridized carbons (Fsp3) is 1.00. The van der Waals surface area contributed by atoms with Crippen LogP contribution in [0, 0.1) is 0 Å². The Morgan fingerprint density at radius 2 is 2.00 bits per heavy atom. The van der Waals surface area contributed by atoms with Crippen molar-refractivity contribution in [3.05, 3.63) is 0 Å². The SMILES string of the molecule is CCCOC1(O)C[N+](O)(C(OC)C(C)O)C1. The molecule has 6 nitrogen and oxygen atoms in total. The van der Waals surface area contributed by atoms with Crippen LogP contribution in [0.4, 0.5) is 0 Å². The van der Waals surface area contributed by atoms with E-state index in [-0.39, 0.29) is 13.1 Å². The van der Waals surface area contributed by atoms with Crippen molar-refractivity contribution in [1.29, 1.82) is 0 Å². The van der Waals surface area contributed by atoms with Crippen molar-refractivity contribution in [1.82, 2.24) is 0 Å². The van der Waals surface area contributed by atoms with Crippen LogP contribution in [-0.4, -0.2) is 65.0 Å². The normalized spacial score (nSPS) is 37.9. The van der Waals surface area contributed by atoms with Crippen LogP contribution in [0.25, 0.3) is 0 Å². The molecule has 2 atom stereocenters. The molecule has 16 heavy (non-hydrogen) atoms. The smallest absolute Gasteiger partial charge is 0.273 e.